The van der Waals surface area contributed by atoms with Gasteiger partial charge in [0.05, 0.1) is 19.3 Å². The van der Waals surface area contributed by atoms with Crippen molar-refractivity contribution in [1.29, 1.82) is 0 Å². The third-order valence-electron chi connectivity index (χ3n) is 3.98. The maximum Gasteiger partial charge on any atom is 0.234 e. The van der Waals surface area contributed by atoms with Crippen LogP contribution in [0.4, 0.5) is 5.69 Å². The number of carbonyl (C=O) groups is 1. The van der Waals surface area contributed by atoms with Crippen LogP contribution in [-0.2, 0) is 0 Å². The number of fused-ring (bicyclic) bond motifs is 2. The molecule has 2 heterocycles. The molecule has 122 valence electrons. The average molecular weight is 354 g/mol. The van der Waals surface area contributed by atoms with Crippen molar-refractivity contribution in [2.24, 2.45) is 0 Å². The minimum atomic E-state index is -1.37. The Balaban J connectivity index is 1.82. The first-order valence-corrected chi connectivity index (χ1v) is 12.6. The molecule has 3 nitrogen and oxygen atoms in total. The molecular formula is C19H19NO2SSi. The van der Waals surface area contributed by atoms with Gasteiger partial charge in [-0.1, -0.05) is 55.7 Å². The number of hydrogen-bond acceptors (Lipinski definition) is 4. The first kappa shape index (κ1) is 15.5. The van der Waals surface area contributed by atoms with Gasteiger partial charge in [0.25, 0.3) is 0 Å². The molecule has 5 heteroatoms. The summed E-state index contributed by atoms with van der Waals surface area (Å²) in [5, 5.41) is 0.930. The van der Waals surface area contributed by atoms with Crippen molar-refractivity contribution < 1.29 is 9.53 Å². The third kappa shape index (κ3) is 2.58. The van der Waals surface area contributed by atoms with E-state index in [4.69, 9.17) is 4.74 Å². The van der Waals surface area contributed by atoms with Gasteiger partial charge in [-0.3, -0.25) is 4.79 Å². The van der Waals surface area contributed by atoms with Crippen molar-refractivity contribution in [3.63, 3.8) is 0 Å². The number of anilines is 1. The number of ketones is 1. The zero-order chi connectivity index (χ0) is 16.9. The summed E-state index contributed by atoms with van der Waals surface area (Å²) in [6, 6.07) is 15.8. The summed E-state index contributed by atoms with van der Waals surface area (Å²) < 4.78 is 5.96. The van der Waals surface area contributed by atoms with E-state index in [1.807, 2.05) is 30.3 Å². The van der Waals surface area contributed by atoms with Crippen LogP contribution in [0.2, 0.25) is 19.6 Å². The molecule has 2 aliphatic rings. The number of para-hydroxylation sites is 2. The Bertz CT molecular complexity index is 870. The van der Waals surface area contributed by atoms with Gasteiger partial charge in [-0.15, -0.1) is 0 Å². The van der Waals surface area contributed by atoms with Crippen LogP contribution in [0.5, 0.6) is 5.75 Å². The lowest BCUT2D eigenvalue weighted by atomic mass is 10.1. The molecule has 0 saturated carbocycles. The fraction of sp³-hybridized carbons (Fsp3) is 0.211. The summed E-state index contributed by atoms with van der Waals surface area (Å²) >= 11 is 1.64. The standard InChI is InChI=1S/C19H19NO2SSi/c1-24(2,3)12-20-14-9-5-7-11-16(14)23-19(20)18-17(21)13-8-4-6-10-15(13)22-18/h4-11H,12H2,1-3H3. The van der Waals surface area contributed by atoms with E-state index in [1.165, 1.54) is 10.6 Å². The van der Waals surface area contributed by atoms with Gasteiger partial charge in [0, 0.05) is 11.1 Å². The van der Waals surface area contributed by atoms with E-state index >= 15 is 0 Å². The number of nitrogens with zero attached hydrogens (tertiary/aromatic N) is 1. The van der Waals surface area contributed by atoms with E-state index in [0.29, 0.717) is 17.1 Å². The molecule has 0 N–H and O–H groups in total. The van der Waals surface area contributed by atoms with Crippen molar-refractivity contribution in [3.05, 3.63) is 64.9 Å². The number of benzene rings is 2. The molecular weight excluding hydrogens is 334 g/mol. The van der Waals surface area contributed by atoms with E-state index in [1.54, 1.807) is 11.8 Å². The van der Waals surface area contributed by atoms with Gasteiger partial charge in [0.2, 0.25) is 11.5 Å². The number of thioether (sulfide) groups is 1. The Morgan fingerprint density at radius 2 is 1.75 bits per heavy atom. The third-order valence-corrected chi connectivity index (χ3v) is 6.41. The second-order valence-electron chi connectivity index (χ2n) is 7.28. The zero-order valence-corrected chi connectivity index (χ0v) is 15.8. The molecule has 2 aliphatic heterocycles. The quantitative estimate of drug-likeness (QED) is 0.566. The SMILES string of the molecule is C[Si](C)(C)CN1C(=C2Oc3ccccc3C2=O)Sc2ccccc21. The molecule has 0 atom stereocenters. The Morgan fingerprint density at radius 1 is 1.04 bits per heavy atom. The van der Waals surface area contributed by atoms with Gasteiger partial charge < -0.3 is 9.64 Å². The van der Waals surface area contributed by atoms with Crippen LogP contribution in [0.3, 0.4) is 0 Å². The fourth-order valence-corrected chi connectivity index (χ4v) is 5.53. The smallest absolute Gasteiger partial charge is 0.234 e. The van der Waals surface area contributed by atoms with Crippen LogP contribution in [0.15, 0.2) is 64.2 Å². The molecule has 0 aliphatic carbocycles. The Morgan fingerprint density at radius 3 is 2.50 bits per heavy atom. The van der Waals surface area contributed by atoms with Crippen LogP contribution in [-0.4, -0.2) is 20.0 Å². The van der Waals surface area contributed by atoms with E-state index < -0.39 is 8.07 Å². The molecule has 4 rings (SSSR count). The van der Waals surface area contributed by atoms with E-state index in [2.05, 4.69) is 42.7 Å². The normalized spacial score (nSPS) is 19.3. The van der Waals surface area contributed by atoms with Crippen LogP contribution in [0.25, 0.3) is 0 Å². The summed E-state index contributed by atoms with van der Waals surface area (Å²) in [5.74, 6) is 1.12. The second-order valence-corrected chi connectivity index (χ2v) is 13.7. The van der Waals surface area contributed by atoms with Gasteiger partial charge in [-0.2, -0.15) is 0 Å². The molecule has 0 radical (unpaired) electrons. The maximum atomic E-state index is 12.8. The van der Waals surface area contributed by atoms with Crippen LogP contribution in [0, 0.1) is 0 Å². The van der Waals surface area contributed by atoms with Crippen molar-refractivity contribution in [2.75, 3.05) is 11.1 Å². The van der Waals surface area contributed by atoms with Crippen LogP contribution >= 0.6 is 11.8 Å². The van der Waals surface area contributed by atoms with Gasteiger partial charge in [0.1, 0.15) is 10.8 Å². The Kier molecular flexibility index (Phi) is 3.58. The van der Waals surface area contributed by atoms with Gasteiger partial charge in [0.15, 0.2) is 0 Å². The summed E-state index contributed by atoms with van der Waals surface area (Å²) in [5.41, 5.74) is 1.84. The number of rotatable bonds is 2. The number of allylic oxidation sites excluding steroid dienone is 1. The Labute approximate surface area is 147 Å². The highest BCUT2D eigenvalue weighted by Gasteiger charge is 2.37. The molecule has 0 amide bonds. The molecule has 0 bridgehead atoms. The largest absolute Gasteiger partial charge is 0.450 e. The van der Waals surface area contributed by atoms with Crippen molar-refractivity contribution >= 4 is 31.3 Å². The summed E-state index contributed by atoms with van der Waals surface area (Å²) in [6.45, 7) is 7.02. The number of carbonyl (C=O) groups excluding carboxylic acids is 1. The topological polar surface area (TPSA) is 29.5 Å². The van der Waals surface area contributed by atoms with Crippen LogP contribution in [0.1, 0.15) is 10.4 Å². The number of ether oxygens (including phenoxy) is 1. The lowest BCUT2D eigenvalue weighted by Crippen LogP contribution is -2.39. The maximum absolute atomic E-state index is 12.8. The summed E-state index contributed by atoms with van der Waals surface area (Å²) in [7, 11) is -1.37. The molecule has 0 aromatic heterocycles. The van der Waals surface area contributed by atoms with Crippen molar-refractivity contribution in [1.82, 2.24) is 0 Å². The average Bonchev–Trinajstić information content (AvgIpc) is 3.05. The minimum absolute atomic E-state index is 0.0125. The molecule has 2 aromatic rings. The zero-order valence-electron chi connectivity index (χ0n) is 14.0. The van der Waals surface area contributed by atoms with Crippen molar-refractivity contribution in [3.8, 4) is 5.75 Å². The predicted octanol–water partition coefficient (Wildman–Crippen LogP) is 4.92. The highest BCUT2D eigenvalue weighted by molar-refractivity contribution is 8.03. The monoisotopic (exact) mass is 353 g/mol. The van der Waals surface area contributed by atoms with E-state index in [0.717, 1.165) is 11.2 Å². The van der Waals surface area contributed by atoms with Crippen molar-refractivity contribution in [2.45, 2.75) is 24.5 Å². The molecule has 2 aromatic carbocycles. The minimum Gasteiger partial charge on any atom is -0.450 e. The first-order valence-electron chi connectivity index (χ1n) is 8.04. The molecule has 0 unspecified atom stereocenters. The molecule has 0 spiro atoms. The number of hydrogen-bond donors (Lipinski definition) is 0. The van der Waals surface area contributed by atoms with Crippen LogP contribution < -0.4 is 9.64 Å². The summed E-state index contributed by atoms with van der Waals surface area (Å²) in [4.78, 5) is 16.3. The molecule has 0 saturated heterocycles. The second kappa shape index (κ2) is 5.53. The predicted molar refractivity (Wildman–Crippen MR) is 101 cm³/mol. The number of Topliss-reactive ketones (excluding diaryl/α,β-unsaturated/α-hetero) is 1. The Hall–Kier alpha value is -1.98. The van der Waals surface area contributed by atoms with Gasteiger partial charge in [-0.05, 0) is 24.3 Å². The van der Waals surface area contributed by atoms with E-state index in [9.17, 15) is 4.79 Å². The highest BCUT2D eigenvalue weighted by atomic mass is 32.2. The van der Waals surface area contributed by atoms with E-state index in [-0.39, 0.29) is 5.78 Å². The summed E-state index contributed by atoms with van der Waals surface area (Å²) in [6.07, 6.45) is 0.961. The fourth-order valence-electron chi connectivity index (χ4n) is 3.00. The first-order chi connectivity index (χ1) is 11.4. The molecule has 0 fully saturated rings. The van der Waals surface area contributed by atoms with Gasteiger partial charge in [-0.25, -0.2) is 0 Å². The highest BCUT2D eigenvalue weighted by Crippen LogP contribution is 2.49. The lowest BCUT2D eigenvalue weighted by Gasteiger charge is -2.28. The lowest BCUT2D eigenvalue weighted by molar-refractivity contribution is 0.101. The molecule has 24 heavy (non-hydrogen) atoms. The van der Waals surface area contributed by atoms with Gasteiger partial charge >= 0.3 is 0 Å².